The third-order valence-corrected chi connectivity index (χ3v) is 8.17. The molecule has 1 heterocycles. The summed E-state index contributed by atoms with van der Waals surface area (Å²) in [5, 5.41) is 3.98. The second-order valence-corrected chi connectivity index (χ2v) is 10.5. The van der Waals surface area contributed by atoms with Gasteiger partial charge in [-0.3, -0.25) is 0 Å². The fourth-order valence-electron chi connectivity index (χ4n) is 4.01. The van der Waals surface area contributed by atoms with E-state index < -0.39 is 7.92 Å². The Kier molecular flexibility index (Phi) is 6.35. The van der Waals surface area contributed by atoms with E-state index in [2.05, 4.69) is 106 Å². The van der Waals surface area contributed by atoms with Gasteiger partial charge in [0, 0.05) is 5.56 Å². The highest BCUT2D eigenvalue weighted by atomic mass is 31.1. The van der Waals surface area contributed by atoms with Crippen LogP contribution < -0.4 is 15.9 Å². The molecule has 1 aliphatic rings. The molecule has 0 radical (unpaired) electrons. The Balaban J connectivity index is 1.80. The normalized spacial score (nSPS) is 17.6. The lowest BCUT2D eigenvalue weighted by atomic mass is 9.95. The van der Waals surface area contributed by atoms with Gasteiger partial charge in [0.05, 0.1) is 6.04 Å². The van der Waals surface area contributed by atoms with Gasteiger partial charge >= 0.3 is 0 Å². The summed E-state index contributed by atoms with van der Waals surface area (Å²) in [6, 6.07) is 30.5. The number of hydrogen-bond donors (Lipinski definition) is 0. The number of hydrogen-bond acceptors (Lipinski definition) is 2. The molecular weight excluding hydrogens is 385 g/mol. The van der Waals surface area contributed by atoms with E-state index in [9.17, 15) is 0 Å². The molecule has 0 aliphatic carbocycles. The van der Waals surface area contributed by atoms with Crippen LogP contribution in [0.3, 0.4) is 0 Å². The Morgan fingerprint density at radius 2 is 1.40 bits per heavy atom. The third-order valence-electron chi connectivity index (χ3n) is 5.67. The smallest absolute Gasteiger partial charge is 0.217 e. The molecule has 0 saturated heterocycles. The van der Waals surface area contributed by atoms with Crippen molar-refractivity contribution in [2.75, 3.05) is 0 Å². The molecule has 2 nitrogen and oxygen atoms in total. The fourth-order valence-corrected chi connectivity index (χ4v) is 6.45. The average Bonchev–Trinajstić information content (AvgIpc) is 3.08. The first-order valence-electron chi connectivity index (χ1n) is 10.9. The van der Waals surface area contributed by atoms with Crippen LogP contribution in [0.15, 0.2) is 89.9 Å². The lowest BCUT2D eigenvalue weighted by Crippen LogP contribution is -2.34. The minimum Gasteiger partial charge on any atom is -0.469 e. The number of nitrogens with zero attached hydrogens (tertiary/aromatic N) is 1. The minimum atomic E-state index is -0.700. The van der Waals surface area contributed by atoms with Crippen molar-refractivity contribution in [3.63, 3.8) is 0 Å². The Hall–Kier alpha value is -2.44. The van der Waals surface area contributed by atoms with Gasteiger partial charge in [0.15, 0.2) is 0 Å². The molecule has 0 unspecified atom stereocenters. The summed E-state index contributed by atoms with van der Waals surface area (Å²) < 4.78 is 6.47. The molecule has 0 fully saturated rings. The van der Waals surface area contributed by atoms with Crippen LogP contribution in [0.1, 0.15) is 45.6 Å². The molecule has 4 rings (SSSR count). The molecule has 0 saturated carbocycles. The van der Waals surface area contributed by atoms with Crippen LogP contribution in [-0.4, -0.2) is 17.5 Å². The van der Waals surface area contributed by atoms with Crippen LogP contribution in [0.4, 0.5) is 0 Å². The van der Waals surface area contributed by atoms with Crippen molar-refractivity contribution in [1.82, 2.24) is 0 Å². The first-order valence-corrected chi connectivity index (χ1v) is 12.2. The zero-order valence-corrected chi connectivity index (χ0v) is 19.0. The van der Waals surface area contributed by atoms with E-state index in [4.69, 9.17) is 9.73 Å². The minimum absolute atomic E-state index is 0.209. The highest BCUT2D eigenvalue weighted by Gasteiger charge is 2.39. The standard InChI is InChI=1S/C27H30NOP/c1-4-5-20-25-27(2,3)29-26(28-25)23-18-12-13-19-24(23)30(21-14-8-6-9-15-21)22-16-10-7-11-17-22/h6-19,25H,4-5,20H2,1-3H3/t25-/m0/s1. The molecule has 0 aromatic heterocycles. The molecule has 30 heavy (non-hydrogen) atoms. The van der Waals surface area contributed by atoms with Crippen molar-refractivity contribution in [2.45, 2.75) is 51.7 Å². The quantitative estimate of drug-likeness (QED) is 0.463. The summed E-state index contributed by atoms with van der Waals surface area (Å²) >= 11 is 0. The molecule has 0 N–H and O–H groups in total. The van der Waals surface area contributed by atoms with Gasteiger partial charge in [-0.15, -0.1) is 0 Å². The Labute approximate surface area is 181 Å². The topological polar surface area (TPSA) is 21.6 Å². The predicted octanol–water partition coefficient (Wildman–Crippen LogP) is 5.56. The molecule has 1 atom stereocenters. The number of rotatable bonds is 7. The molecule has 0 amide bonds. The van der Waals surface area contributed by atoms with Gasteiger partial charge in [0.2, 0.25) is 5.90 Å². The number of unbranched alkanes of at least 4 members (excludes halogenated alkanes) is 1. The number of aliphatic imine (C=N–C) groups is 1. The molecule has 0 spiro atoms. The maximum atomic E-state index is 6.47. The van der Waals surface area contributed by atoms with Crippen LogP contribution in [-0.2, 0) is 4.74 Å². The SMILES string of the molecule is CCCC[C@@H]1N=C(c2ccccc2P(c2ccccc2)c2ccccc2)OC1(C)C. The Morgan fingerprint density at radius 1 is 0.833 bits per heavy atom. The summed E-state index contributed by atoms with van der Waals surface area (Å²) in [7, 11) is -0.700. The van der Waals surface area contributed by atoms with Crippen LogP contribution in [0.5, 0.6) is 0 Å². The number of benzene rings is 3. The van der Waals surface area contributed by atoms with E-state index in [1.807, 2.05) is 0 Å². The summed E-state index contributed by atoms with van der Waals surface area (Å²) in [4.78, 5) is 5.08. The maximum absolute atomic E-state index is 6.47. The van der Waals surface area contributed by atoms with E-state index in [-0.39, 0.29) is 11.6 Å². The van der Waals surface area contributed by atoms with E-state index in [0.29, 0.717) is 0 Å². The fraction of sp³-hybridized carbons (Fsp3) is 0.296. The van der Waals surface area contributed by atoms with Crippen LogP contribution >= 0.6 is 7.92 Å². The van der Waals surface area contributed by atoms with Gasteiger partial charge in [-0.1, -0.05) is 98.6 Å². The van der Waals surface area contributed by atoms with E-state index in [1.54, 1.807) is 0 Å². The van der Waals surface area contributed by atoms with Gasteiger partial charge in [-0.25, -0.2) is 4.99 Å². The van der Waals surface area contributed by atoms with Crippen molar-refractivity contribution in [1.29, 1.82) is 0 Å². The van der Waals surface area contributed by atoms with Gasteiger partial charge in [-0.05, 0) is 50.2 Å². The Morgan fingerprint density at radius 3 is 2.00 bits per heavy atom. The van der Waals surface area contributed by atoms with Gasteiger partial charge in [-0.2, -0.15) is 0 Å². The van der Waals surface area contributed by atoms with Crippen molar-refractivity contribution < 1.29 is 4.74 Å². The summed E-state index contributed by atoms with van der Waals surface area (Å²) in [6.45, 7) is 6.57. The lowest BCUT2D eigenvalue weighted by molar-refractivity contribution is 0.0935. The van der Waals surface area contributed by atoms with Crippen molar-refractivity contribution in [2.24, 2.45) is 4.99 Å². The second-order valence-electron chi connectivity index (χ2n) is 8.32. The molecule has 154 valence electrons. The molecular formula is C27H30NOP. The summed E-state index contributed by atoms with van der Waals surface area (Å²) in [6.07, 6.45) is 3.43. The molecule has 3 aromatic rings. The zero-order chi connectivity index (χ0) is 21.0. The highest BCUT2D eigenvalue weighted by Crippen LogP contribution is 2.37. The highest BCUT2D eigenvalue weighted by molar-refractivity contribution is 7.80. The van der Waals surface area contributed by atoms with Crippen molar-refractivity contribution in [3.05, 3.63) is 90.5 Å². The van der Waals surface area contributed by atoms with E-state index in [0.717, 1.165) is 17.9 Å². The van der Waals surface area contributed by atoms with Crippen LogP contribution in [0, 0.1) is 0 Å². The van der Waals surface area contributed by atoms with Crippen molar-refractivity contribution >= 4 is 29.7 Å². The number of ether oxygens (including phenoxy) is 1. The lowest BCUT2D eigenvalue weighted by Gasteiger charge is -2.26. The summed E-state index contributed by atoms with van der Waals surface area (Å²) in [5.41, 5.74) is 0.864. The van der Waals surface area contributed by atoms with E-state index >= 15 is 0 Å². The predicted molar refractivity (Wildman–Crippen MR) is 130 cm³/mol. The molecule has 1 aliphatic heterocycles. The van der Waals surface area contributed by atoms with E-state index in [1.165, 1.54) is 28.8 Å². The molecule has 3 aromatic carbocycles. The van der Waals surface area contributed by atoms with Gasteiger partial charge in [0.1, 0.15) is 5.60 Å². The summed E-state index contributed by atoms with van der Waals surface area (Å²) in [5.74, 6) is 0.802. The maximum Gasteiger partial charge on any atom is 0.217 e. The zero-order valence-electron chi connectivity index (χ0n) is 18.1. The van der Waals surface area contributed by atoms with Crippen LogP contribution in [0.25, 0.3) is 0 Å². The Bertz CT molecular complexity index is 958. The third kappa shape index (κ3) is 4.35. The van der Waals surface area contributed by atoms with Gasteiger partial charge in [0.25, 0.3) is 0 Å². The monoisotopic (exact) mass is 415 g/mol. The van der Waals surface area contributed by atoms with Crippen LogP contribution in [0.2, 0.25) is 0 Å². The molecule has 3 heteroatoms. The van der Waals surface area contributed by atoms with Gasteiger partial charge < -0.3 is 4.74 Å². The largest absolute Gasteiger partial charge is 0.469 e. The average molecular weight is 416 g/mol. The first kappa shape index (κ1) is 20.8. The second kappa shape index (κ2) is 9.14. The van der Waals surface area contributed by atoms with Crippen molar-refractivity contribution in [3.8, 4) is 0 Å². The first-order chi connectivity index (χ1) is 14.6. The molecule has 0 bridgehead atoms.